The van der Waals surface area contributed by atoms with E-state index in [-0.39, 0.29) is 0 Å². The molecule has 0 atom stereocenters. The van der Waals surface area contributed by atoms with Crippen LogP contribution >= 0.6 is 0 Å². The second kappa shape index (κ2) is 14.1. The van der Waals surface area contributed by atoms with Crippen LogP contribution in [-0.2, 0) is 6.42 Å². The molecule has 3 aliphatic carbocycles. The Labute approximate surface area is 213 Å². The standard InChI is InChI=1S/C34H56/c1-3-5-6-7-8-28-13-21-32(22-14-28)34-25-17-30(18-26-34)10-9-29-15-23-33(24-16-29)31-19-11-27(4-2)12-20-31/h15-16,23-24,27-28,30-32,34H,3-14,17-22,25-26H2,1-2H3/t27-,28-,30-,31-,32-,34-. The quantitative estimate of drug-likeness (QED) is 0.286. The van der Waals surface area contributed by atoms with Gasteiger partial charge in [0.2, 0.25) is 0 Å². The summed E-state index contributed by atoms with van der Waals surface area (Å²) in [6.07, 6.45) is 29.5. The molecule has 0 heteroatoms. The van der Waals surface area contributed by atoms with Gasteiger partial charge in [0.1, 0.15) is 0 Å². The summed E-state index contributed by atoms with van der Waals surface area (Å²) in [5, 5.41) is 0. The third-order valence-electron chi connectivity index (χ3n) is 10.6. The minimum Gasteiger partial charge on any atom is -0.0654 e. The number of aryl methyl sites for hydroxylation is 1. The van der Waals surface area contributed by atoms with Crippen LogP contribution in [0.3, 0.4) is 0 Å². The summed E-state index contributed by atoms with van der Waals surface area (Å²) in [6.45, 7) is 4.70. The van der Waals surface area contributed by atoms with Crippen molar-refractivity contribution >= 4 is 0 Å². The monoisotopic (exact) mass is 464 g/mol. The molecule has 1 aromatic carbocycles. The van der Waals surface area contributed by atoms with Crippen molar-refractivity contribution in [2.45, 2.75) is 148 Å². The predicted octanol–water partition coefficient (Wildman–Crippen LogP) is 10.9. The number of hydrogen-bond donors (Lipinski definition) is 0. The fraction of sp³-hybridized carbons (Fsp3) is 0.824. The summed E-state index contributed by atoms with van der Waals surface area (Å²) in [4.78, 5) is 0. The highest BCUT2D eigenvalue weighted by atomic mass is 14.4. The molecule has 4 rings (SSSR count). The van der Waals surface area contributed by atoms with Crippen LogP contribution in [0.25, 0.3) is 0 Å². The molecule has 0 bridgehead atoms. The number of unbranched alkanes of at least 4 members (excludes halogenated alkanes) is 3. The predicted molar refractivity (Wildman–Crippen MR) is 149 cm³/mol. The van der Waals surface area contributed by atoms with Crippen LogP contribution in [0.15, 0.2) is 24.3 Å². The van der Waals surface area contributed by atoms with Crippen LogP contribution < -0.4 is 0 Å². The van der Waals surface area contributed by atoms with Crippen LogP contribution in [0.2, 0.25) is 0 Å². The summed E-state index contributed by atoms with van der Waals surface area (Å²) >= 11 is 0. The van der Waals surface area contributed by atoms with Crippen molar-refractivity contribution in [1.29, 1.82) is 0 Å². The number of rotatable bonds is 11. The largest absolute Gasteiger partial charge is 0.0654 e. The van der Waals surface area contributed by atoms with E-state index in [4.69, 9.17) is 0 Å². The lowest BCUT2D eigenvalue weighted by Crippen LogP contribution is -2.26. The summed E-state index contributed by atoms with van der Waals surface area (Å²) in [7, 11) is 0. The van der Waals surface area contributed by atoms with Gasteiger partial charge in [0.05, 0.1) is 0 Å². The molecule has 192 valence electrons. The average molecular weight is 465 g/mol. The molecule has 0 aromatic heterocycles. The highest BCUT2D eigenvalue weighted by Gasteiger charge is 2.30. The Balaban J connectivity index is 1.10. The van der Waals surface area contributed by atoms with Gasteiger partial charge in [0, 0.05) is 0 Å². The van der Waals surface area contributed by atoms with Gasteiger partial charge in [-0.05, 0) is 111 Å². The Bertz CT molecular complexity index is 648. The van der Waals surface area contributed by atoms with Crippen molar-refractivity contribution in [3.8, 4) is 0 Å². The van der Waals surface area contributed by atoms with Gasteiger partial charge in [-0.2, -0.15) is 0 Å². The van der Waals surface area contributed by atoms with E-state index >= 15 is 0 Å². The van der Waals surface area contributed by atoms with Crippen molar-refractivity contribution in [3.05, 3.63) is 35.4 Å². The molecule has 0 unspecified atom stereocenters. The highest BCUT2D eigenvalue weighted by molar-refractivity contribution is 5.26. The minimum atomic E-state index is 0.836. The topological polar surface area (TPSA) is 0 Å². The molecule has 0 aliphatic heterocycles. The smallest absolute Gasteiger partial charge is 0.0162 e. The van der Waals surface area contributed by atoms with Crippen molar-refractivity contribution in [1.82, 2.24) is 0 Å². The average Bonchev–Trinajstić information content (AvgIpc) is 2.91. The Kier molecular flexibility index (Phi) is 10.9. The lowest BCUT2D eigenvalue weighted by Gasteiger charge is -2.38. The van der Waals surface area contributed by atoms with E-state index in [0.717, 1.165) is 35.5 Å². The first-order chi connectivity index (χ1) is 16.7. The van der Waals surface area contributed by atoms with Crippen LogP contribution in [-0.4, -0.2) is 0 Å². The van der Waals surface area contributed by atoms with E-state index in [2.05, 4.69) is 38.1 Å². The Morgan fingerprint density at radius 3 is 1.68 bits per heavy atom. The fourth-order valence-electron chi connectivity index (χ4n) is 7.99. The fourth-order valence-corrected chi connectivity index (χ4v) is 7.99. The first-order valence-electron chi connectivity index (χ1n) is 15.8. The maximum absolute atomic E-state index is 2.48. The minimum absolute atomic E-state index is 0.836. The first-order valence-corrected chi connectivity index (χ1v) is 15.8. The Hall–Kier alpha value is -0.780. The van der Waals surface area contributed by atoms with Gasteiger partial charge < -0.3 is 0 Å². The van der Waals surface area contributed by atoms with E-state index in [1.54, 1.807) is 36.8 Å². The molecule has 3 saturated carbocycles. The maximum Gasteiger partial charge on any atom is -0.0162 e. The molecule has 1 aromatic rings. The van der Waals surface area contributed by atoms with Crippen LogP contribution in [0.5, 0.6) is 0 Å². The molecule has 0 saturated heterocycles. The van der Waals surface area contributed by atoms with E-state index in [1.165, 1.54) is 103 Å². The Morgan fingerprint density at radius 1 is 0.559 bits per heavy atom. The van der Waals surface area contributed by atoms with Crippen LogP contribution in [0.1, 0.15) is 153 Å². The third kappa shape index (κ3) is 7.86. The number of hydrogen-bond acceptors (Lipinski definition) is 0. The normalized spacial score (nSPS) is 32.5. The molecule has 34 heavy (non-hydrogen) atoms. The molecule has 0 N–H and O–H groups in total. The lowest BCUT2D eigenvalue weighted by molar-refractivity contribution is 0.140. The number of benzene rings is 1. The summed E-state index contributed by atoms with van der Waals surface area (Å²) in [5.74, 6) is 6.05. The highest BCUT2D eigenvalue weighted by Crippen LogP contribution is 2.43. The van der Waals surface area contributed by atoms with E-state index in [1.807, 2.05) is 0 Å². The van der Waals surface area contributed by atoms with Gasteiger partial charge >= 0.3 is 0 Å². The van der Waals surface area contributed by atoms with Crippen molar-refractivity contribution < 1.29 is 0 Å². The molecular formula is C34H56. The van der Waals surface area contributed by atoms with Gasteiger partial charge in [-0.3, -0.25) is 0 Å². The molecule has 3 fully saturated rings. The SMILES string of the molecule is CCCCCC[C@H]1CC[C@H]([C@H]2CC[C@H](CCc3ccc([C@H]4CC[C@H](CC)CC4)cc3)CC2)CC1. The first kappa shape index (κ1) is 26.3. The van der Waals surface area contributed by atoms with Gasteiger partial charge in [0.25, 0.3) is 0 Å². The zero-order chi connectivity index (χ0) is 23.6. The molecule has 0 radical (unpaired) electrons. The maximum atomic E-state index is 2.48. The van der Waals surface area contributed by atoms with E-state index < -0.39 is 0 Å². The van der Waals surface area contributed by atoms with Crippen molar-refractivity contribution in [3.63, 3.8) is 0 Å². The second-order valence-electron chi connectivity index (χ2n) is 12.8. The van der Waals surface area contributed by atoms with Crippen molar-refractivity contribution in [2.24, 2.45) is 29.6 Å². The van der Waals surface area contributed by atoms with Gasteiger partial charge in [0.15, 0.2) is 0 Å². The summed E-state index contributed by atoms with van der Waals surface area (Å²) < 4.78 is 0. The molecule has 3 aliphatic rings. The lowest BCUT2D eigenvalue weighted by atomic mass is 9.68. The zero-order valence-electron chi connectivity index (χ0n) is 22.9. The van der Waals surface area contributed by atoms with Crippen molar-refractivity contribution in [2.75, 3.05) is 0 Å². The summed E-state index contributed by atoms with van der Waals surface area (Å²) in [6, 6.07) is 9.88. The van der Waals surface area contributed by atoms with Gasteiger partial charge in [-0.25, -0.2) is 0 Å². The molecular weight excluding hydrogens is 408 g/mol. The molecule has 0 spiro atoms. The van der Waals surface area contributed by atoms with Crippen LogP contribution in [0.4, 0.5) is 0 Å². The zero-order valence-corrected chi connectivity index (χ0v) is 22.9. The second-order valence-corrected chi connectivity index (χ2v) is 12.8. The molecule has 0 nitrogen and oxygen atoms in total. The van der Waals surface area contributed by atoms with Gasteiger partial charge in [-0.1, -0.05) is 102 Å². The van der Waals surface area contributed by atoms with E-state index in [0.29, 0.717) is 0 Å². The van der Waals surface area contributed by atoms with E-state index in [9.17, 15) is 0 Å². The van der Waals surface area contributed by atoms with Gasteiger partial charge in [-0.15, -0.1) is 0 Å². The van der Waals surface area contributed by atoms with Crippen LogP contribution in [0, 0.1) is 29.6 Å². The third-order valence-corrected chi connectivity index (χ3v) is 10.6. The Morgan fingerprint density at radius 2 is 1.12 bits per heavy atom. The summed E-state index contributed by atoms with van der Waals surface area (Å²) in [5.41, 5.74) is 3.21. The molecule has 0 amide bonds. The molecule has 0 heterocycles.